The number of halogens is 1. The molecule has 1 heterocycles. The molecule has 1 aliphatic rings. The smallest absolute Gasteiger partial charge is 0.337 e. The van der Waals surface area contributed by atoms with Crippen LogP contribution in [0.15, 0.2) is 89.8 Å². The molecule has 0 aliphatic carbocycles. The lowest BCUT2D eigenvalue weighted by molar-refractivity contribution is -0.122. The third-order valence-electron chi connectivity index (χ3n) is 7.35. The van der Waals surface area contributed by atoms with E-state index in [1.54, 1.807) is 48.5 Å². The van der Waals surface area contributed by atoms with E-state index in [1.807, 2.05) is 26.0 Å². The van der Waals surface area contributed by atoms with Crippen LogP contribution in [0.1, 0.15) is 27.0 Å². The van der Waals surface area contributed by atoms with Crippen molar-refractivity contribution in [3.05, 3.63) is 113 Å². The first-order chi connectivity index (χ1) is 20.6. The van der Waals surface area contributed by atoms with Gasteiger partial charge in [-0.3, -0.25) is 9.10 Å². The van der Waals surface area contributed by atoms with Crippen LogP contribution in [-0.4, -0.2) is 46.6 Å². The normalized spacial score (nSPS) is 14.2. The summed E-state index contributed by atoms with van der Waals surface area (Å²) in [6.07, 6.45) is 0.225. The van der Waals surface area contributed by atoms with Crippen LogP contribution in [0.25, 0.3) is 11.1 Å². The Morgan fingerprint density at radius 3 is 2.16 bits per heavy atom. The number of fused-ring (bicyclic) bond motifs is 1. The maximum absolute atomic E-state index is 13.9. The lowest BCUT2D eigenvalue weighted by Crippen LogP contribution is -2.48. The van der Waals surface area contributed by atoms with E-state index in [2.05, 4.69) is 5.32 Å². The van der Waals surface area contributed by atoms with Gasteiger partial charge >= 0.3 is 5.97 Å². The van der Waals surface area contributed by atoms with Crippen molar-refractivity contribution in [3.8, 4) is 16.9 Å². The molecule has 0 unspecified atom stereocenters. The van der Waals surface area contributed by atoms with Gasteiger partial charge in [0.1, 0.15) is 24.2 Å². The second kappa shape index (κ2) is 12.3. The number of amides is 1. The molecule has 4 aromatic rings. The first kappa shape index (κ1) is 29.8. The highest BCUT2D eigenvalue weighted by atomic mass is 32.2. The molecule has 0 bridgehead atoms. The molecule has 1 amide bonds. The van der Waals surface area contributed by atoms with Crippen molar-refractivity contribution in [1.82, 2.24) is 5.32 Å². The summed E-state index contributed by atoms with van der Waals surface area (Å²) < 4.78 is 53.1. The number of ether oxygens (including phenoxy) is 2. The largest absolute Gasteiger partial charge is 0.491 e. The first-order valence-corrected chi connectivity index (χ1v) is 15.1. The van der Waals surface area contributed by atoms with Gasteiger partial charge in [0.25, 0.3) is 10.0 Å². The molecule has 4 aromatic carbocycles. The molecule has 0 radical (unpaired) electrons. The number of hydrogen-bond acceptors (Lipinski definition) is 6. The van der Waals surface area contributed by atoms with Crippen LogP contribution in [0.5, 0.6) is 5.75 Å². The summed E-state index contributed by atoms with van der Waals surface area (Å²) in [5.41, 5.74) is 4.62. The van der Waals surface area contributed by atoms with Crippen molar-refractivity contribution >= 4 is 27.6 Å². The van der Waals surface area contributed by atoms with Crippen LogP contribution in [0.4, 0.5) is 10.1 Å². The second-order valence-corrected chi connectivity index (χ2v) is 12.1. The Bertz CT molecular complexity index is 1750. The average molecular weight is 603 g/mol. The van der Waals surface area contributed by atoms with Gasteiger partial charge in [0.15, 0.2) is 0 Å². The number of esters is 1. The number of carbonyl (C=O) groups is 2. The minimum Gasteiger partial charge on any atom is -0.491 e. The summed E-state index contributed by atoms with van der Waals surface area (Å²) in [6.45, 7) is 3.92. The third kappa shape index (κ3) is 6.10. The highest BCUT2D eigenvalue weighted by Gasteiger charge is 2.42. The number of carbonyl (C=O) groups excluding carboxylic acids is 2. The maximum atomic E-state index is 13.9. The average Bonchev–Trinajstić information content (AvgIpc) is 3.41. The fraction of sp³-hybridized carbons (Fsp3) is 0.212. The van der Waals surface area contributed by atoms with Gasteiger partial charge < -0.3 is 14.8 Å². The molecule has 43 heavy (non-hydrogen) atoms. The van der Waals surface area contributed by atoms with E-state index in [4.69, 9.17) is 9.47 Å². The lowest BCUT2D eigenvalue weighted by Gasteiger charge is -2.26. The van der Waals surface area contributed by atoms with Crippen LogP contribution >= 0.6 is 0 Å². The minimum absolute atomic E-state index is 0.0394. The predicted molar refractivity (Wildman–Crippen MR) is 161 cm³/mol. The summed E-state index contributed by atoms with van der Waals surface area (Å²) in [7, 11) is -2.79. The number of para-hydroxylation sites is 1. The number of sulfonamides is 1. The van der Waals surface area contributed by atoms with Crippen molar-refractivity contribution in [1.29, 1.82) is 0 Å². The van der Waals surface area contributed by atoms with E-state index >= 15 is 0 Å². The summed E-state index contributed by atoms with van der Waals surface area (Å²) in [5, 5.41) is 2.82. The molecule has 5 rings (SSSR count). The number of methoxy groups -OCH3 is 1. The standard InChI is InChI=1S/C33H31FN2O6S/c1-21-18-26(33(38)41-3)19-22(2)31(21)42-17-16-35-32(37)30-20-25-6-4-5-7-29(25)36(30)43(39,40)28-14-10-24(11-15-28)23-8-12-27(34)13-9-23/h4-15,18-19,30H,16-17,20H2,1-3H3,(H,35,37)/t30-/m0/s1. The Morgan fingerprint density at radius 1 is 0.930 bits per heavy atom. The van der Waals surface area contributed by atoms with Gasteiger partial charge in [-0.05, 0) is 84.1 Å². The number of hydrogen-bond donors (Lipinski definition) is 1. The Balaban J connectivity index is 1.30. The number of benzene rings is 4. The zero-order valence-electron chi connectivity index (χ0n) is 24.0. The summed E-state index contributed by atoms with van der Waals surface area (Å²) in [5.74, 6) is -0.638. The second-order valence-electron chi connectivity index (χ2n) is 10.3. The Labute approximate surface area is 250 Å². The molecule has 10 heteroatoms. The van der Waals surface area contributed by atoms with Crippen LogP contribution in [0, 0.1) is 19.7 Å². The molecule has 1 N–H and O–H groups in total. The highest BCUT2D eigenvalue weighted by molar-refractivity contribution is 7.93. The number of rotatable bonds is 9. The summed E-state index contributed by atoms with van der Waals surface area (Å²) in [6, 6.07) is 21.7. The van der Waals surface area contributed by atoms with Gasteiger partial charge in [-0.25, -0.2) is 17.6 Å². The topological polar surface area (TPSA) is 102 Å². The molecule has 1 aliphatic heterocycles. The number of nitrogens with one attached hydrogen (secondary N) is 1. The Morgan fingerprint density at radius 2 is 1.53 bits per heavy atom. The number of aryl methyl sites for hydroxylation is 2. The quantitative estimate of drug-likeness (QED) is 0.209. The molecule has 0 spiro atoms. The Kier molecular flexibility index (Phi) is 8.50. The zero-order valence-corrected chi connectivity index (χ0v) is 24.8. The molecular formula is C33H31FN2O6S. The Hall–Kier alpha value is -4.70. The van der Waals surface area contributed by atoms with Crippen LogP contribution < -0.4 is 14.4 Å². The van der Waals surface area contributed by atoms with Crippen LogP contribution in [0.3, 0.4) is 0 Å². The van der Waals surface area contributed by atoms with Crippen molar-refractivity contribution in [2.24, 2.45) is 0 Å². The molecule has 8 nitrogen and oxygen atoms in total. The first-order valence-electron chi connectivity index (χ1n) is 13.7. The summed E-state index contributed by atoms with van der Waals surface area (Å²) >= 11 is 0. The van der Waals surface area contributed by atoms with Gasteiger partial charge in [-0.15, -0.1) is 0 Å². The van der Waals surface area contributed by atoms with Crippen molar-refractivity contribution in [3.63, 3.8) is 0 Å². The fourth-order valence-electron chi connectivity index (χ4n) is 5.29. The molecule has 0 aromatic heterocycles. The van der Waals surface area contributed by atoms with E-state index in [0.29, 0.717) is 17.0 Å². The van der Waals surface area contributed by atoms with E-state index in [9.17, 15) is 22.4 Å². The van der Waals surface area contributed by atoms with Crippen LogP contribution in [-0.2, 0) is 26.0 Å². The summed E-state index contributed by atoms with van der Waals surface area (Å²) in [4.78, 5) is 25.3. The van der Waals surface area contributed by atoms with Gasteiger partial charge in [0, 0.05) is 6.42 Å². The zero-order chi connectivity index (χ0) is 30.7. The highest BCUT2D eigenvalue weighted by Crippen LogP contribution is 2.37. The molecule has 0 saturated carbocycles. The SMILES string of the molecule is COC(=O)c1cc(C)c(OCCNC(=O)[C@@H]2Cc3ccccc3N2S(=O)(=O)c2ccc(-c3ccc(F)cc3)cc2)c(C)c1. The van der Waals surface area contributed by atoms with Crippen molar-refractivity contribution in [2.75, 3.05) is 24.6 Å². The molecule has 0 fully saturated rings. The minimum atomic E-state index is -4.11. The number of nitrogens with zero attached hydrogens (tertiary/aromatic N) is 1. The van der Waals surface area contributed by atoms with E-state index in [1.165, 1.54) is 35.7 Å². The van der Waals surface area contributed by atoms with E-state index in [-0.39, 0.29) is 30.3 Å². The maximum Gasteiger partial charge on any atom is 0.337 e. The monoisotopic (exact) mass is 602 g/mol. The van der Waals surface area contributed by atoms with E-state index < -0.39 is 27.9 Å². The lowest BCUT2D eigenvalue weighted by atomic mass is 10.1. The number of anilines is 1. The van der Waals surface area contributed by atoms with Gasteiger partial charge in [0.2, 0.25) is 5.91 Å². The third-order valence-corrected chi connectivity index (χ3v) is 9.18. The molecule has 1 atom stereocenters. The van der Waals surface area contributed by atoms with Crippen molar-refractivity contribution < 1.29 is 31.9 Å². The molecule has 222 valence electrons. The predicted octanol–water partition coefficient (Wildman–Crippen LogP) is 5.21. The molecular weight excluding hydrogens is 571 g/mol. The van der Waals surface area contributed by atoms with Crippen LogP contribution in [0.2, 0.25) is 0 Å². The fourth-order valence-corrected chi connectivity index (χ4v) is 6.94. The molecule has 0 saturated heterocycles. The van der Waals surface area contributed by atoms with E-state index in [0.717, 1.165) is 27.8 Å². The van der Waals surface area contributed by atoms with Gasteiger partial charge in [-0.2, -0.15) is 0 Å². The van der Waals surface area contributed by atoms with Crippen molar-refractivity contribution in [2.45, 2.75) is 31.2 Å². The van der Waals surface area contributed by atoms with Gasteiger partial charge in [-0.1, -0.05) is 42.5 Å². The van der Waals surface area contributed by atoms with Gasteiger partial charge in [0.05, 0.1) is 29.8 Å².